The Labute approximate surface area is 107 Å². The topological polar surface area (TPSA) is 82.9 Å². The van der Waals surface area contributed by atoms with Crippen LogP contribution in [0.15, 0.2) is 29.4 Å². The third-order valence-electron chi connectivity index (χ3n) is 3.19. The third kappa shape index (κ3) is 3.06. The molecule has 1 aliphatic rings. The number of nitriles is 1. The summed E-state index contributed by atoms with van der Waals surface area (Å²) in [4.78, 5) is 4.03. The van der Waals surface area contributed by atoms with E-state index in [1.165, 1.54) is 24.5 Å². The molecule has 6 heteroatoms. The number of aromatic nitrogens is 1. The van der Waals surface area contributed by atoms with Gasteiger partial charge in [-0.15, -0.1) is 0 Å². The molecule has 0 amide bonds. The Morgan fingerprint density at radius 1 is 1.22 bits per heavy atom. The van der Waals surface area contributed by atoms with Gasteiger partial charge in [-0.25, -0.2) is 13.1 Å². The molecule has 0 saturated heterocycles. The molecule has 0 bridgehead atoms. The maximum Gasteiger partial charge on any atom is 0.240 e. The van der Waals surface area contributed by atoms with E-state index in [-0.39, 0.29) is 16.9 Å². The molecule has 1 fully saturated rings. The van der Waals surface area contributed by atoms with Crippen molar-refractivity contribution in [1.29, 1.82) is 5.26 Å². The van der Waals surface area contributed by atoms with Crippen LogP contribution in [0.25, 0.3) is 0 Å². The van der Waals surface area contributed by atoms with Crippen LogP contribution in [0.5, 0.6) is 0 Å². The molecule has 1 N–H and O–H groups in total. The lowest BCUT2D eigenvalue weighted by Gasteiger charge is -2.25. The smallest absolute Gasteiger partial charge is 0.240 e. The normalized spacial score (nSPS) is 24.4. The van der Waals surface area contributed by atoms with E-state index in [0.717, 1.165) is 25.7 Å². The quantitative estimate of drug-likeness (QED) is 0.896. The van der Waals surface area contributed by atoms with Crippen LogP contribution >= 0.6 is 0 Å². The minimum atomic E-state index is -3.46. The molecule has 1 heterocycles. The van der Waals surface area contributed by atoms with Crippen molar-refractivity contribution in [3.63, 3.8) is 0 Å². The molecule has 1 aromatic heterocycles. The first-order valence-corrected chi connectivity index (χ1v) is 7.42. The number of pyridine rings is 1. The highest BCUT2D eigenvalue weighted by atomic mass is 32.2. The van der Waals surface area contributed by atoms with Gasteiger partial charge in [-0.2, -0.15) is 5.26 Å². The predicted molar refractivity (Wildman–Crippen MR) is 65.9 cm³/mol. The predicted octanol–water partition coefficient (Wildman–Crippen LogP) is 1.44. The molecule has 0 unspecified atom stereocenters. The molecule has 2 rings (SSSR count). The first kappa shape index (κ1) is 13.0. The van der Waals surface area contributed by atoms with E-state index in [1.807, 2.05) is 0 Å². The highest BCUT2D eigenvalue weighted by molar-refractivity contribution is 7.89. The molecule has 1 saturated carbocycles. The number of nitrogens with zero attached hydrogens (tertiary/aromatic N) is 2. The molecule has 0 aromatic carbocycles. The van der Waals surface area contributed by atoms with Crippen LogP contribution in [0.2, 0.25) is 0 Å². The number of nitrogens with one attached hydrogen (secondary N) is 1. The zero-order valence-corrected chi connectivity index (χ0v) is 10.7. The second-order valence-corrected chi connectivity index (χ2v) is 6.20. The lowest BCUT2D eigenvalue weighted by molar-refractivity contribution is 0.361. The van der Waals surface area contributed by atoms with Crippen LogP contribution in [0, 0.1) is 17.2 Å². The molecule has 0 aliphatic heterocycles. The Kier molecular flexibility index (Phi) is 3.94. The summed E-state index contributed by atoms with van der Waals surface area (Å²) in [6.07, 6.45) is 5.90. The van der Waals surface area contributed by atoms with E-state index in [9.17, 15) is 8.42 Å². The average molecular weight is 265 g/mol. The SMILES string of the molecule is N#CC1CCC(NS(=O)(=O)c2ccncc2)CC1. The van der Waals surface area contributed by atoms with E-state index < -0.39 is 10.0 Å². The van der Waals surface area contributed by atoms with Crippen LogP contribution in [0.1, 0.15) is 25.7 Å². The maximum absolute atomic E-state index is 12.0. The fourth-order valence-electron chi connectivity index (χ4n) is 2.15. The monoisotopic (exact) mass is 265 g/mol. The molecule has 1 aliphatic carbocycles. The van der Waals surface area contributed by atoms with Gasteiger partial charge < -0.3 is 0 Å². The summed E-state index contributed by atoms with van der Waals surface area (Å²) in [7, 11) is -3.46. The zero-order chi connectivity index (χ0) is 13.0. The van der Waals surface area contributed by atoms with E-state index in [0.29, 0.717) is 0 Å². The lowest BCUT2D eigenvalue weighted by Crippen LogP contribution is -2.37. The van der Waals surface area contributed by atoms with Gasteiger partial charge in [0, 0.05) is 24.4 Å². The number of rotatable bonds is 3. The summed E-state index contributed by atoms with van der Waals surface area (Å²) in [6.45, 7) is 0. The average Bonchev–Trinajstić information content (AvgIpc) is 2.40. The van der Waals surface area contributed by atoms with Gasteiger partial charge in [0.05, 0.1) is 11.0 Å². The molecular weight excluding hydrogens is 250 g/mol. The van der Waals surface area contributed by atoms with Gasteiger partial charge in [-0.05, 0) is 37.8 Å². The van der Waals surface area contributed by atoms with Gasteiger partial charge in [0.2, 0.25) is 10.0 Å². The summed E-state index contributed by atoms with van der Waals surface area (Å²) in [5.74, 6) is 0.0756. The zero-order valence-electron chi connectivity index (χ0n) is 9.91. The Hall–Kier alpha value is -1.45. The van der Waals surface area contributed by atoms with Crippen molar-refractivity contribution < 1.29 is 8.42 Å². The highest BCUT2D eigenvalue weighted by Crippen LogP contribution is 2.24. The van der Waals surface area contributed by atoms with Gasteiger partial charge in [-0.1, -0.05) is 0 Å². The largest absolute Gasteiger partial charge is 0.265 e. The van der Waals surface area contributed by atoms with Gasteiger partial charge >= 0.3 is 0 Å². The standard InChI is InChI=1S/C12H15N3O2S/c13-9-10-1-3-11(4-2-10)15-18(16,17)12-5-7-14-8-6-12/h5-8,10-11,15H,1-4H2. The Balaban J connectivity index is 2.00. The minimum Gasteiger partial charge on any atom is -0.265 e. The second-order valence-electron chi connectivity index (χ2n) is 4.48. The number of hydrogen-bond acceptors (Lipinski definition) is 4. The second kappa shape index (κ2) is 5.46. The van der Waals surface area contributed by atoms with Crippen LogP contribution < -0.4 is 4.72 Å². The number of sulfonamides is 1. The molecular formula is C12H15N3O2S. The first-order valence-electron chi connectivity index (χ1n) is 5.94. The van der Waals surface area contributed by atoms with E-state index >= 15 is 0 Å². The molecule has 96 valence electrons. The van der Waals surface area contributed by atoms with Crippen molar-refractivity contribution in [1.82, 2.24) is 9.71 Å². The maximum atomic E-state index is 12.0. The van der Waals surface area contributed by atoms with Crippen LogP contribution in [-0.2, 0) is 10.0 Å². The fourth-order valence-corrected chi connectivity index (χ4v) is 3.44. The summed E-state index contributed by atoms with van der Waals surface area (Å²) in [6, 6.07) is 5.12. The molecule has 0 atom stereocenters. The lowest BCUT2D eigenvalue weighted by atomic mass is 9.88. The summed E-state index contributed by atoms with van der Waals surface area (Å²) in [5.41, 5.74) is 0. The summed E-state index contributed by atoms with van der Waals surface area (Å²) >= 11 is 0. The van der Waals surface area contributed by atoms with Crippen molar-refractivity contribution in [3.8, 4) is 6.07 Å². The van der Waals surface area contributed by atoms with E-state index in [1.54, 1.807) is 0 Å². The van der Waals surface area contributed by atoms with E-state index in [4.69, 9.17) is 5.26 Å². The summed E-state index contributed by atoms with van der Waals surface area (Å²) in [5, 5.41) is 8.79. The van der Waals surface area contributed by atoms with Gasteiger partial charge in [0.1, 0.15) is 0 Å². The summed E-state index contributed by atoms with van der Waals surface area (Å²) < 4.78 is 26.8. The van der Waals surface area contributed by atoms with E-state index in [2.05, 4.69) is 15.8 Å². The molecule has 0 spiro atoms. The van der Waals surface area contributed by atoms with Crippen molar-refractivity contribution in [3.05, 3.63) is 24.5 Å². The van der Waals surface area contributed by atoms with Gasteiger partial charge in [0.25, 0.3) is 0 Å². The van der Waals surface area contributed by atoms with Gasteiger partial charge in [-0.3, -0.25) is 4.98 Å². The van der Waals surface area contributed by atoms with Crippen molar-refractivity contribution in [2.75, 3.05) is 0 Å². The third-order valence-corrected chi connectivity index (χ3v) is 4.73. The highest BCUT2D eigenvalue weighted by Gasteiger charge is 2.25. The van der Waals surface area contributed by atoms with Crippen LogP contribution in [0.3, 0.4) is 0 Å². The van der Waals surface area contributed by atoms with Crippen LogP contribution in [-0.4, -0.2) is 19.4 Å². The minimum absolute atomic E-state index is 0.0623. The first-order chi connectivity index (χ1) is 8.62. The Bertz CT molecular complexity index is 528. The molecule has 0 radical (unpaired) electrons. The molecule has 5 nitrogen and oxygen atoms in total. The molecule has 18 heavy (non-hydrogen) atoms. The molecule has 1 aromatic rings. The number of hydrogen-bond donors (Lipinski definition) is 1. The Morgan fingerprint density at radius 2 is 1.83 bits per heavy atom. The van der Waals surface area contributed by atoms with Crippen molar-refractivity contribution >= 4 is 10.0 Å². The Morgan fingerprint density at radius 3 is 2.39 bits per heavy atom. The van der Waals surface area contributed by atoms with Gasteiger partial charge in [0.15, 0.2) is 0 Å². The fraction of sp³-hybridized carbons (Fsp3) is 0.500. The van der Waals surface area contributed by atoms with Crippen molar-refractivity contribution in [2.24, 2.45) is 5.92 Å². The van der Waals surface area contributed by atoms with Crippen molar-refractivity contribution in [2.45, 2.75) is 36.6 Å². The van der Waals surface area contributed by atoms with Crippen LogP contribution in [0.4, 0.5) is 0 Å².